The molecule has 0 aliphatic carbocycles. The topological polar surface area (TPSA) is 21.9 Å². The summed E-state index contributed by atoms with van der Waals surface area (Å²) < 4.78 is 10.8. The third-order valence-electron chi connectivity index (χ3n) is 6.23. The zero-order valence-corrected chi connectivity index (χ0v) is 16.7. The van der Waals surface area contributed by atoms with Gasteiger partial charge in [-0.05, 0) is 54.3 Å². The molecule has 140 valence electrons. The first-order chi connectivity index (χ1) is 14.1. The normalized spacial score (nSPS) is 12.0. The molecule has 29 heavy (non-hydrogen) atoms. The van der Waals surface area contributed by atoms with Gasteiger partial charge in [-0.25, -0.2) is 4.57 Å². The smallest absolute Gasteiger partial charge is 0.259 e. The summed E-state index contributed by atoms with van der Waals surface area (Å²) in [7, 11) is 2.16. The Balaban J connectivity index is 1.80. The van der Waals surface area contributed by atoms with Crippen LogP contribution in [-0.4, -0.2) is 4.57 Å². The molecular weight excluding hydrogens is 356 g/mol. The molecule has 0 N–H and O–H groups in total. The molecule has 0 fully saturated rings. The van der Waals surface area contributed by atoms with Crippen LogP contribution in [0, 0.1) is 13.8 Å². The highest BCUT2D eigenvalue weighted by molar-refractivity contribution is 6.22. The van der Waals surface area contributed by atoms with Gasteiger partial charge >= 0.3 is 0 Å². The van der Waals surface area contributed by atoms with Gasteiger partial charge in [-0.3, -0.25) is 0 Å². The van der Waals surface area contributed by atoms with E-state index in [1.165, 1.54) is 49.7 Å². The Labute approximate surface area is 168 Å². The van der Waals surface area contributed by atoms with Crippen molar-refractivity contribution < 1.29 is 8.98 Å². The third kappa shape index (κ3) is 2.10. The molecule has 0 aliphatic rings. The molecule has 0 radical (unpaired) electrons. The maximum absolute atomic E-state index is 6.10. The Morgan fingerprint density at radius 3 is 2.34 bits per heavy atom. The first-order valence-electron chi connectivity index (χ1n) is 9.95. The Morgan fingerprint density at radius 2 is 1.48 bits per heavy atom. The summed E-state index contributed by atoms with van der Waals surface area (Å²) in [5.41, 5.74) is 6.84. The summed E-state index contributed by atoms with van der Waals surface area (Å²) in [6.45, 7) is 4.35. The minimum absolute atomic E-state index is 0.938. The molecule has 3 nitrogen and oxygen atoms in total. The standard InChI is InChI=1S/C26H21N2O/c1-16-8-4-6-10-21(16)28-17(2)27(3)26-19-13-15-24-25(18(19)12-14-22(26)28)20-9-5-7-11-23(20)29-24/h4-15H,1-3H3/q+1. The summed E-state index contributed by atoms with van der Waals surface area (Å²) in [5, 5.41) is 4.85. The van der Waals surface area contributed by atoms with Gasteiger partial charge in [0, 0.05) is 23.1 Å². The van der Waals surface area contributed by atoms with E-state index in [-0.39, 0.29) is 0 Å². The highest BCUT2D eigenvalue weighted by atomic mass is 16.3. The number of aryl methyl sites for hydroxylation is 2. The SMILES string of the molecule is Cc1ccccc1-n1c(C)[n+](C)c2c3ccc4oc5ccccc5c4c3ccc21. The molecule has 0 atom stereocenters. The molecule has 6 rings (SSSR count). The first-order valence-corrected chi connectivity index (χ1v) is 9.95. The van der Waals surface area contributed by atoms with E-state index < -0.39 is 0 Å². The van der Waals surface area contributed by atoms with Crippen LogP contribution in [0.4, 0.5) is 0 Å². The largest absolute Gasteiger partial charge is 0.456 e. The van der Waals surface area contributed by atoms with Crippen molar-refractivity contribution in [2.24, 2.45) is 7.05 Å². The second-order valence-electron chi connectivity index (χ2n) is 7.79. The lowest BCUT2D eigenvalue weighted by molar-refractivity contribution is -0.651. The second kappa shape index (κ2) is 5.71. The summed E-state index contributed by atoms with van der Waals surface area (Å²) in [4.78, 5) is 0. The highest BCUT2D eigenvalue weighted by Crippen LogP contribution is 2.37. The molecule has 3 heteroatoms. The number of nitrogens with zero attached hydrogens (tertiary/aromatic N) is 2. The molecule has 0 amide bonds. The summed E-state index contributed by atoms with van der Waals surface area (Å²) in [6, 6.07) is 25.7. The van der Waals surface area contributed by atoms with Gasteiger partial charge in [0.25, 0.3) is 5.82 Å². The van der Waals surface area contributed by atoms with Crippen molar-refractivity contribution in [2.45, 2.75) is 13.8 Å². The van der Waals surface area contributed by atoms with Crippen LogP contribution in [0.25, 0.3) is 49.4 Å². The fourth-order valence-electron chi connectivity index (χ4n) is 4.74. The van der Waals surface area contributed by atoms with Crippen LogP contribution in [0.2, 0.25) is 0 Å². The second-order valence-corrected chi connectivity index (χ2v) is 7.79. The Kier molecular flexibility index (Phi) is 3.22. The van der Waals surface area contributed by atoms with E-state index in [0.717, 1.165) is 11.2 Å². The lowest BCUT2D eigenvalue weighted by Gasteiger charge is -2.04. The van der Waals surface area contributed by atoms with Gasteiger partial charge in [-0.2, -0.15) is 4.57 Å². The maximum Gasteiger partial charge on any atom is 0.259 e. The molecule has 2 heterocycles. The van der Waals surface area contributed by atoms with Gasteiger partial charge in [0.2, 0.25) is 0 Å². The highest BCUT2D eigenvalue weighted by Gasteiger charge is 2.24. The molecule has 6 aromatic rings. The van der Waals surface area contributed by atoms with Crippen LogP contribution in [0.15, 0.2) is 77.2 Å². The monoisotopic (exact) mass is 377 g/mol. The Hall–Kier alpha value is -3.59. The van der Waals surface area contributed by atoms with Gasteiger partial charge in [0.15, 0.2) is 11.0 Å². The molecule has 0 saturated heterocycles. The minimum Gasteiger partial charge on any atom is -0.456 e. The zero-order chi connectivity index (χ0) is 19.7. The third-order valence-corrected chi connectivity index (χ3v) is 6.23. The van der Waals surface area contributed by atoms with Gasteiger partial charge in [-0.15, -0.1) is 0 Å². The van der Waals surface area contributed by atoms with Gasteiger partial charge < -0.3 is 4.42 Å². The fourth-order valence-corrected chi connectivity index (χ4v) is 4.74. The quantitative estimate of drug-likeness (QED) is 0.316. The van der Waals surface area contributed by atoms with Crippen LogP contribution < -0.4 is 4.57 Å². The number of benzene rings is 4. The summed E-state index contributed by atoms with van der Waals surface area (Å²) >= 11 is 0. The predicted octanol–water partition coefficient (Wildman–Crippen LogP) is 6.12. The number of hydrogen-bond acceptors (Lipinski definition) is 1. The number of fused-ring (bicyclic) bond motifs is 7. The summed E-state index contributed by atoms with van der Waals surface area (Å²) in [6.07, 6.45) is 0. The number of hydrogen-bond donors (Lipinski definition) is 0. The van der Waals surface area contributed by atoms with E-state index in [1.807, 2.05) is 12.1 Å². The number of furan rings is 1. The van der Waals surface area contributed by atoms with E-state index in [9.17, 15) is 0 Å². The molecular formula is C26H21N2O+. The number of imidazole rings is 1. The zero-order valence-electron chi connectivity index (χ0n) is 16.7. The van der Waals surface area contributed by atoms with E-state index in [1.54, 1.807) is 0 Å². The molecule has 4 aromatic carbocycles. The van der Waals surface area contributed by atoms with Crippen LogP contribution in [0.3, 0.4) is 0 Å². The van der Waals surface area contributed by atoms with E-state index in [0.29, 0.717) is 0 Å². The van der Waals surface area contributed by atoms with Gasteiger partial charge in [0.1, 0.15) is 16.9 Å². The molecule has 0 unspecified atom stereocenters. The van der Waals surface area contributed by atoms with Crippen LogP contribution >= 0.6 is 0 Å². The van der Waals surface area contributed by atoms with E-state index in [4.69, 9.17) is 4.42 Å². The van der Waals surface area contributed by atoms with Crippen LogP contribution in [0.1, 0.15) is 11.4 Å². The Morgan fingerprint density at radius 1 is 0.724 bits per heavy atom. The molecule has 2 aromatic heterocycles. The average Bonchev–Trinajstić information content (AvgIpc) is 3.24. The Bertz CT molecular complexity index is 1580. The summed E-state index contributed by atoms with van der Waals surface area (Å²) in [5.74, 6) is 1.21. The first kappa shape index (κ1) is 16.4. The number of para-hydroxylation sites is 2. The van der Waals surface area contributed by atoms with Crippen molar-refractivity contribution in [1.82, 2.24) is 4.57 Å². The van der Waals surface area contributed by atoms with Crippen molar-refractivity contribution in [3.63, 3.8) is 0 Å². The van der Waals surface area contributed by atoms with E-state index in [2.05, 4.69) is 90.7 Å². The van der Waals surface area contributed by atoms with Crippen molar-refractivity contribution in [3.8, 4) is 5.69 Å². The average molecular weight is 377 g/mol. The van der Waals surface area contributed by atoms with Crippen molar-refractivity contribution in [1.29, 1.82) is 0 Å². The van der Waals surface area contributed by atoms with Gasteiger partial charge in [-0.1, -0.05) is 36.4 Å². The minimum atomic E-state index is 0.938. The molecule has 0 saturated carbocycles. The number of aromatic nitrogens is 2. The van der Waals surface area contributed by atoms with E-state index >= 15 is 0 Å². The van der Waals surface area contributed by atoms with Crippen molar-refractivity contribution in [3.05, 3.63) is 84.2 Å². The molecule has 0 spiro atoms. The van der Waals surface area contributed by atoms with Crippen molar-refractivity contribution >= 4 is 43.7 Å². The maximum atomic E-state index is 6.10. The lowest BCUT2D eigenvalue weighted by Crippen LogP contribution is -2.31. The number of rotatable bonds is 1. The van der Waals surface area contributed by atoms with Crippen molar-refractivity contribution in [2.75, 3.05) is 0 Å². The molecule has 0 aliphatic heterocycles. The molecule has 0 bridgehead atoms. The van der Waals surface area contributed by atoms with Crippen LogP contribution in [-0.2, 0) is 7.05 Å². The fraction of sp³-hybridized carbons (Fsp3) is 0.115. The van der Waals surface area contributed by atoms with Gasteiger partial charge in [0.05, 0.1) is 7.05 Å². The van der Waals surface area contributed by atoms with Crippen LogP contribution in [0.5, 0.6) is 0 Å². The predicted molar refractivity (Wildman–Crippen MR) is 119 cm³/mol. The lowest BCUT2D eigenvalue weighted by atomic mass is 10.0.